The summed E-state index contributed by atoms with van der Waals surface area (Å²) in [7, 11) is 0. The Morgan fingerprint density at radius 1 is 1.42 bits per heavy atom. The lowest BCUT2D eigenvalue weighted by atomic mass is 9.86. The summed E-state index contributed by atoms with van der Waals surface area (Å²) < 4.78 is 5.11. The largest absolute Gasteiger partial charge is 0.361 e. The second-order valence-electron chi connectivity index (χ2n) is 6.08. The molecule has 0 N–H and O–H groups in total. The Morgan fingerprint density at radius 3 is 2.84 bits per heavy atom. The van der Waals surface area contributed by atoms with Gasteiger partial charge in [0.2, 0.25) is 5.91 Å². The predicted octanol–water partition coefficient (Wildman–Crippen LogP) is 1.43. The summed E-state index contributed by atoms with van der Waals surface area (Å²) >= 11 is 0. The lowest BCUT2D eigenvalue weighted by Gasteiger charge is -2.24. The molecule has 0 unspecified atom stereocenters. The summed E-state index contributed by atoms with van der Waals surface area (Å²) in [5.74, 6) is 1.08. The van der Waals surface area contributed by atoms with Gasteiger partial charge in [-0.15, -0.1) is 0 Å². The molecular weight excluding hydrogens is 242 g/mol. The summed E-state index contributed by atoms with van der Waals surface area (Å²) in [6.07, 6.45) is 2.33. The molecule has 2 fully saturated rings. The van der Waals surface area contributed by atoms with Crippen LogP contribution in [0.5, 0.6) is 0 Å². The first-order valence-electron chi connectivity index (χ1n) is 6.96. The van der Waals surface area contributed by atoms with E-state index < -0.39 is 0 Å². The van der Waals surface area contributed by atoms with Crippen LogP contribution in [-0.4, -0.2) is 47.0 Å². The van der Waals surface area contributed by atoms with Gasteiger partial charge in [-0.3, -0.25) is 9.69 Å². The van der Waals surface area contributed by atoms with E-state index in [2.05, 4.69) is 10.1 Å². The van der Waals surface area contributed by atoms with Crippen LogP contribution in [0.3, 0.4) is 0 Å². The van der Waals surface area contributed by atoms with E-state index in [9.17, 15) is 4.79 Å². The summed E-state index contributed by atoms with van der Waals surface area (Å²) in [6, 6.07) is 2.00. The van der Waals surface area contributed by atoms with Crippen LogP contribution < -0.4 is 0 Å². The smallest absolute Gasteiger partial charge is 0.219 e. The number of carbonyl (C=O) groups is 1. The molecule has 0 saturated carbocycles. The zero-order chi connectivity index (χ0) is 13.5. The standard InChI is InChI=1S/C14H21N3O2/c1-11-7-13(15-19-11)8-16-5-3-14(9-16)4-6-17(10-14)12(2)18/h7H,3-6,8-10H2,1-2H3/t14-/m1/s1. The summed E-state index contributed by atoms with van der Waals surface area (Å²) in [5.41, 5.74) is 1.33. The van der Waals surface area contributed by atoms with Gasteiger partial charge in [-0.1, -0.05) is 5.16 Å². The van der Waals surface area contributed by atoms with E-state index in [1.54, 1.807) is 6.92 Å². The third-order valence-electron chi connectivity index (χ3n) is 4.46. The fraction of sp³-hybridized carbons (Fsp3) is 0.714. The molecule has 104 valence electrons. The van der Waals surface area contributed by atoms with Crippen LogP contribution in [-0.2, 0) is 11.3 Å². The molecule has 0 aromatic carbocycles. The first-order valence-corrected chi connectivity index (χ1v) is 6.96. The van der Waals surface area contributed by atoms with Gasteiger partial charge in [0.1, 0.15) is 5.76 Å². The van der Waals surface area contributed by atoms with Crippen molar-refractivity contribution >= 4 is 5.91 Å². The molecule has 1 amide bonds. The van der Waals surface area contributed by atoms with Crippen molar-refractivity contribution in [2.75, 3.05) is 26.2 Å². The molecule has 1 atom stereocenters. The van der Waals surface area contributed by atoms with Gasteiger partial charge in [0.05, 0.1) is 5.69 Å². The van der Waals surface area contributed by atoms with Gasteiger partial charge in [0.25, 0.3) is 0 Å². The molecule has 1 aromatic heterocycles. The van der Waals surface area contributed by atoms with Gasteiger partial charge in [-0.25, -0.2) is 0 Å². The maximum absolute atomic E-state index is 11.5. The zero-order valence-corrected chi connectivity index (χ0v) is 11.7. The minimum absolute atomic E-state index is 0.211. The van der Waals surface area contributed by atoms with Crippen LogP contribution in [0.15, 0.2) is 10.6 Å². The maximum Gasteiger partial charge on any atom is 0.219 e. The molecular formula is C14H21N3O2. The van der Waals surface area contributed by atoms with Gasteiger partial charge in [-0.2, -0.15) is 0 Å². The number of hydrogen-bond donors (Lipinski definition) is 0. The van der Waals surface area contributed by atoms with Crippen molar-refractivity contribution in [3.63, 3.8) is 0 Å². The van der Waals surface area contributed by atoms with E-state index in [0.29, 0.717) is 5.41 Å². The van der Waals surface area contributed by atoms with Gasteiger partial charge < -0.3 is 9.42 Å². The van der Waals surface area contributed by atoms with E-state index in [1.807, 2.05) is 17.9 Å². The Balaban J connectivity index is 1.60. The minimum Gasteiger partial charge on any atom is -0.361 e. The van der Waals surface area contributed by atoms with Crippen LogP contribution >= 0.6 is 0 Å². The highest BCUT2D eigenvalue weighted by atomic mass is 16.5. The first kappa shape index (κ1) is 12.7. The molecule has 5 heteroatoms. The summed E-state index contributed by atoms with van der Waals surface area (Å²) in [6.45, 7) is 8.47. The number of rotatable bonds is 2. The fourth-order valence-corrected chi connectivity index (χ4v) is 3.42. The van der Waals surface area contributed by atoms with Gasteiger partial charge in [0.15, 0.2) is 0 Å². The van der Waals surface area contributed by atoms with Crippen molar-refractivity contribution in [1.29, 1.82) is 0 Å². The zero-order valence-electron chi connectivity index (χ0n) is 11.7. The number of amides is 1. The van der Waals surface area contributed by atoms with Crippen molar-refractivity contribution in [1.82, 2.24) is 15.0 Å². The third-order valence-corrected chi connectivity index (χ3v) is 4.46. The molecule has 3 heterocycles. The monoisotopic (exact) mass is 263 g/mol. The maximum atomic E-state index is 11.5. The van der Waals surface area contributed by atoms with E-state index in [4.69, 9.17) is 4.52 Å². The molecule has 1 spiro atoms. The molecule has 3 rings (SSSR count). The van der Waals surface area contributed by atoms with Crippen LogP contribution in [0, 0.1) is 12.3 Å². The van der Waals surface area contributed by atoms with Crippen LogP contribution in [0.25, 0.3) is 0 Å². The minimum atomic E-state index is 0.211. The van der Waals surface area contributed by atoms with Crippen LogP contribution in [0.4, 0.5) is 0 Å². The highest BCUT2D eigenvalue weighted by Gasteiger charge is 2.44. The van der Waals surface area contributed by atoms with Gasteiger partial charge in [0, 0.05) is 44.6 Å². The van der Waals surface area contributed by atoms with Gasteiger partial charge in [-0.05, 0) is 26.3 Å². The Bertz CT molecular complexity index is 485. The van der Waals surface area contributed by atoms with Crippen molar-refractivity contribution < 1.29 is 9.32 Å². The molecule has 2 aliphatic rings. The second-order valence-corrected chi connectivity index (χ2v) is 6.08. The molecule has 5 nitrogen and oxygen atoms in total. The lowest BCUT2D eigenvalue weighted by Crippen LogP contribution is -2.32. The van der Waals surface area contributed by atoms with E-state index in [1.165, 1.54) is 6.42 Å². The molecule has 0 bridgehead atoms. The van der Waals surface area contributed by atoms with Crippen molar-refractivity contribution in [2.45, 2.75) is 33.2 Å². The Hall–Kier alpha value is -1.36. The third kappa shape index (κ3) is 2.52. The molecule has 0 aliphatic carbocycles. The molecule has 19 heavy (non-hydrogen) atoms. The van der Waals surface area contributed by atoms with Crippen LogP contribution in [0.1, 0.15) is 31.2 Å². The normalized spacial score (nSPS) is 27.6. The van der Waals surface area contributed by atoms with Crippen molar-refractivity contribution in [3.8, 4) is 0 Å². The summed E-state index contributed by atoms with van der Waals surface area (Å²) in [5, 5.41) is 4.06. The highest BCUT2D eigenvalue weighted by Crippen LogP contribution is 2.39. The number of carbonyl (C=O) groups excluding carboxylic acids is 1. The lowest BCUT2D eigenvalue weighted by molar-refractivity contribution is -0.128. The SMILES string of the molecule is CC(=O)N1CC[C@@]2(CCN(Cc3cc(C)on3)C2)C1. The number of hydrogen-bond acceptors (Lipinski definition) is 4. The second kappa shape index (κ2) is 4.63. The fourth-order valence-electron chi connectivity index (χ4n) is 3.42. The molecule has 0 radical (unpaired) electrons. The quantitative estimate of drug-likeness (QED) is 0.810. The Kier molecular flexibility index (Phi) is 3.09. The highest BCUT2D eigenvalue weighted by molar-refractivity contribution is 5.73. The molecule has 2 aliphatic heterocycles. The van der Waals surface area contributed by atoms with Crippen molar-refractivity contribution in [2.24, 2.45) is 5.41 Å². The number of aryl methyl sites for hydroxylation is 1. The molecule has 2 saturated heterocycles. The average molecular weight is 263 g/mol. The Morgan fingerprint density at radius 2 is 2.21 bits per heavy atom. The number of aromatic nitrogens is 1. The van der Waals surface area contributed by atoms with Crippen molar-refractivity contribution in [3.05, 3.63) is 17.5 Å². The topological polar surface area (TPSA) is 49.6 Å². The summed E-state index contributed by atoms with van der Waals surface area (Å²) in [4.78, 5) is 15.9. The average Bonchev–Trinajstić information content (AvgIpc) is 3.04. The van der Waals surface area contributed by atoms with E-state index >= 15 is 0 Å². The molecule has 1 aromatic rings. The first-order chi connectivity index (χ1) is 9.06. The van der Waals surface area contributed by atoms with E-state index in [0.717, 1.165) is 50.6 Å². The Labute approximate surface area is 113 Å². The van der Waals surface area contributed by atoms with E-state index in [-0.39, 0.29) is 5.91 Å². The predicted molar refractivity (Wildman–Crippen MR) is 70.4 cm³/mol. The number of likely N-dealkylation sites (tertiary alicyclic amines) is 2. The van der Waals surface area contributed by atoms with Crippen LogP contribution in [0.2, 0.25) is 0 Å². The van der Waals surface area contributed by atoms with Gasteiger partial charge >= 0.3 is 0 Å². The number of nitrogens with zero attached hydrogens (tertiary/aromatic N) is 3.